The van der Waals surface area contributed by atoms with Crippen LogP contribution in [0.2, 0.25) is 5.02 Å². The van der Waals surface area contributed by atoms with Gasteiger partial charge in [-0.25, -0.2) is 9.48 Å². The quantitative estimate of drug-likeness (QED) is 0.654. The number of halogens is 1. The minimum atomic E-state index is -0.414. The van der Waals surface area contributed by atoms with Gasteiger partial charge in [0.15, 0.2) is 0 Å². The first-order valence-electron chi connectivity index (χ1n) is 8.08. The van der Waals surface area contributed by atoms with Gasteiger partial charge in [0.2, 0.25) is 0 Å². The van der Waals surface area contributed by atoms with Gasteiger partial charge in [-0.05, 0) is 36.4 Å². The Morgan fingerprint density at radius 2 is 2.08 bits per heavy atom. The van der Waals surface area contributed by atoms with Gasteiger partial charge in [0.25, 0.3) is 0 Å². The van der Waals surface area contributed by atoms with E-state index in [0.29, 0.717) is 16.3 Å². The van der Waals surface area contributed by atoms with Crippen LogP contribution >= 0.6 is 11.6 Å². The number of esters is 1. The van der Waals surface area contributed by atoms with Crippen LogP contribution in [0.15, 0.2) is 66.5 Å². The summed E-state index contributed by atoms with van der Waals surface area (Å²) in [6.07, 6.45) is 5.27. The lowest BCUT2D eigenvalue weighted by atomic mass is 10.1. The second-order valence-corrected chi connectivity index (χ2v) is 6.28. The number of nitrogens with zero attached hydrogens (tertiary/aromatic N) is 2. The van der Waals surface area contributed by atoms with Crippen LogP contribution in [0.3, 0.4) is 0 Å². The molecule has 0 atom stereocenters. The molecule has 0 saturated carbocycles. The largest absolute Gasteiger partial charge is 0.488 e. The smallest absolute Gasteiger partial charge is 0.337 e. The molecule has 0 radical (unpaired) electrons. The number of ether oxygens (including phenoxy) is 2. The molecule has 2 aromatic carbocycles. The summed E-state index contributed by atoms with van der Waals surface area (Å²) >= 11 is 5.99. The predicted octanol–water partition coefficient (Wildman–Crippen LogP) is 4.04. The first-order chi connectivity index (χ1) is 12.7. The van der Waals surface area contributed by atoms with E-state index >= 15 is 0 Å². The van der Waals surface area contributed by atoms with Crippen molar-refractivity contribution >= 4 is 23.6 Å². The Labute approximate surface area is 155 Å². The van der Waals surface area contributed by atoms with E-state index < -0.39 is 5.97 Å². The van der Waals surface area contributed by atoms with Crippen LogP contribution in [0.25, 0.3) is 11.8 Å². The Morgan fingerprint density at radius 1 is 1.23 bits per heavy atom. The van der Waals surface area contributed by atoms with Crippen molar-refractivity contribution in [1.82, 2.24) is 9.78 Å². The molecule has 0 unspecified atom stereocenters. The second-order valence-electron chi connectivity index (χ2n) is 5.85. The maximum absolute atomic E-state index is 12.3. The minimum absolute atomic E-state index is 0.144. The van der Waals surface area contributed by atoms with Crippen LogP contribution < -0.4 is 4.74 Å². The van der Waals surface area contributed by atoms with Crippen molar-refractivity contribution in [3.05, 3.63) is 82.6 Å². The lowest BCUT2D eigenvalue weighted by Crippen LogP contribution is -2.17. The number of fused-ring (bicyclic) bond motifs is 1. The maximum atomic E-state index is 12.3. The number of benzene rings is 2. The number of aromatic nitrogens is 2. The number of para-hydroxylation sites is 1. The van der Waals surface area contributed by atoms with E-state index in [1.807, 2.05) is 36.5 Å². The summed E-state index contributed by atoms with van der Waals surface area (Å²) in [5.41, 5.74) is 2.98. The summed E-state index contributed by atoms with van der Waals surface area (Å²) in [6, 6.07) is 15.0. The van der Waals surface area contributed by atoms with Crippen molar-refractivity contribution in [2.24, 2.45) is 0 Å². The normalized spacial score (nSPS) is 12.7. The van der Waals surface area contributed by atoms with E-state index in [1.54, 1.807) is 35.2 Å². The van der Waals surface area contributed by atoms with Crippen LogP contribution in [-0.2, 0) is 16.1 Å². The summed E-state index contributed by atoms with van der Waals surface area (Å²) < 4.78 is 12.7. The fourth-order valence-electron chi connectivity index (χ4n) is 2.66. The Kier molecular flexibility index (Phi) is 4.46. The average Bonchev–Trinajstić information content (AvgIpc) is 3.15. The lowest BCUT2D eigenvalue weighted by Gasteiger charge is -2.17. The highest BCUT2D eigenvalue weighted by Crippen LogP contribution is 2.29. The predicted molar refractivity (Wildman–Crippen MR) is 98.3 cm³/mol. The molecule has 3 aromatic rings. The van der Waals surface area contributed by atoms with Gasteiger partial charge in [0, 0.05) is 22.3 Å². The van der Waals surface area contributed by atoms with E-state index in [-0.39, 0.29) is 13.2 Å². The molecule has 1 aliphatic heterocycles. The lowest BCUT2D eigenvalue weighted by molar-refractivity contribution is -0.140. The standard InChI is InChI=1S/C20H15ClN2O3/c21-17-6-7-19-15(9-17)8-16(13-25-19)20(24)26-12-14-10-22-23(11-14)18-4-2-1-3-5-18/h1-11H,12-13H2. The zero-order valence-electron chi connectivity index (χ0n) is 13.8. The van der Waals surface area contributed by atoms with E-state index in [2.05, 4.69) is 5.10 Å². The zero-order valence-corrected chi connectivity index (χ0v) is 14.5. The summed E-state index contributed by atoms with van der Waals surface area (Å²) in [5.74, 6) is 0.290. The maximum Gasteiger partial charge on any atom is 0.337 e. The third-order valence-electron chi connectivity index (χ3n) is 3.97. The molecular formula is C20H15ClN2O3. The molecule has 1 aliphatic rings. The Balaban J connectivity index is 1.43. The average molecular weight is 367 g/mol. The summed E-state index contributed by atoms with van der Waals surface area (Å²) in [4.78, 5) is 12.3. The topological polar surface area (TPSA) is 53.3 Å². The van der Waals surface area contributed by atoms with Crippen LogP contribution in [0.1, 0.15) is 11.1 Å². The summed E-state index contributed by atoms with van der Waals surface area (Å²) in [7, 11) is 0. The van der Waals surface area contributed by atoms with E-state index in [1.165, 1.54) is 0 Å². The molecule has 0 N–H and O–H groups in total. The molecule has 4 rings (SSSR count). The number of carbonyl (C=O) groups excluding carboxylic acids is 1. The van der Waals surface area contributed by atoms with Crippen LogP contribution in [0.4, 0.5) is 0 Å². The molecule has 0 aliphatic carbocycles. The number of carbonyl (C=O) groups is 1. The van der Waals surface area contributed by atoms with Crippen molar-refractivity contribution in [3.63, 3.8) is 0 Å². The van der Waals surface area contributed by atoms with E-state index in [4.69, 9.17) is 21.1 Å². The SMILES string of the molecule is O=C(OCc1cnn(-c2ccccc2)c1)C1=Cc2cc(Cl)ccc2OC1. The minimum Gasteiger partial charge on any atom is -0.488 e. The van der Waals surface area contributed by atoms with Crippen LogP contribution in [0, 0.1) is 0 Å². The molecule has 0 fully saturated rings. The molecule has 26 heavy (non-hydrogen) atoms. The first kappa shape index (κ1) is 16.4. The van der Waals surface area contributed by atoms with Gasteiger partial charge in [-0.2, -0.15) is 5.10 Å². The number of rotatable bonds is 4. The number of hydrogen-bond donors (Lipinski definition) is 0. The van der Waals surface area contributed by atoms with Crippen LogP contribution in [-0.4, -0.2) is 22.4 Å². The highest BCUT2D eigenvalue weighted by atomic mass is 35.5. The third-order valence-corrected chi connectivity index (χ3v) is 4.21. The van der Waals surface area contributed by atoms with Crippen molar-refractivity contribution < 1.29 is 14.3 Å². The molecule has 0 amide bonds. The monoisotopic (exact) mass is 366 g/mol. The van der Waals surface area contributed by atoms with Gasteiger partial charge >= 0.3 is 5.97 Å². The Morgan fingerprint density at radius 3 is 2.92 bits per heavy atom. The van der Waals surface area contributed by atoms with Crippen molar-refractivity contribution in [2.75, 3.05) is 6.61 Å². The first-order valence-corrected chi connectivity index (χ1v) is 8.46. The van der Waals surface area contributed by atoms with Gasteiger partial charge in [-0.3, -0.25) is 0 Å². The number of hydrogen-bond acceptors (Lipinski definition) is 4. The molecule has 0 saturated heterocycles. The molecule has 6 heteroatoms. The van der Waals surface area contributed by atoms with Crippen LogP contribution in [0.5, 0.6) is 5.75 Å². The molecule has 130 valence electrons. The molecule has 1 aromatic heterocycles. The highest BCUT2D eigenvalue weighted by molar-refractivity contribution is 6.30. The molecule has 5 nitrogen and oxygen atoms in total. The van der Waals surface area contributed by atoms with Gasteiger partial charge < -0.3 is 9.47 Å². The molecule has 0 spiro atoms. The second kappa shape index (κ2) is 7.06. The summed E-state index contributed by atoms with van der Waals surface area (Å²) in [5, 5.41) is 4.88. The van der Waals surface area contributed by atoms with Gasteiger partial charge in [-0.1, -0.05) is 29.8 Å². The van der Waals surface area contributed by atoms with E-state index in [9.17, 15) is 4.79 Å². The Bertz CT molecular complexity index is 980. The zero-order chi connectivity index (χ0) is 17.9. The van der Waals surface area contributed by atoms with E-state index in [0.717, 1.165) is 16.8 Å². The van der Waals surface area contributed by atoms with Crippen molar-refractivity contribution in [2.45, 2.75) is 6.61 Å². The molecule has 0 bridgehead atoms. The molecular weight excluding hydrogens is 352 g/mol. The fourth-order valence-corrected chi connectivity index (χ4v) is 2.84. The van der Waals surface area contributed by atoms with Gasteiger partial charge in [0.1, 0.15) is 19.0 Å². The fraction of sp³-hybridized carbons (Fsp3) is 0.100. The van der Waals surface area contributed by atoms with Gasteiger partial charge in [-0.15, -0.1) is 0 Å². The summed E-state index contributed by atoms with van der Waals surface area (Å²) in [6.45, 7) is 0.322. The highest BCUT2D eigenvalue weighted by Gasteiger charge is 2.19. The Hall–Kier alpha value is -3.05. The van der Waals surface area contributed by atoms with Gasteiger partial charge in [0.05, 0.1) is 17.5 Å². The van der Waals surface area contributed by atoms with Crippen molar-refractivity contribution in [1.29, 1.82) is 0 Å². The van der Waals surface area contributed by atoms with Crippen molar-refractivity contribution in [3.8, 4) is 11.4 Å². The molecule has 2 heterocycles. The third kappa shape index (κ3) is 3.48.